The molecule has 1 unspecified atom stereocenters. The van der Waals surface area contributed by atoms with E-state index >= 15 is 0 Å². The molecule has 0 saturated carbocycles. The Balaban J connectivity index is 1.38. The van der Waals surface area contributed by atoms with E-state index in [4.69, 9.17) is 20.3 Å². The van der Waals surface area contributed by atoms with Crippen LogP contribution in [0.1, 0.15) is 42.7 Å². The van der Waals surface area contributed by atoms with Crippen LogP contribution in [0.2, 0.25) is 0 Å². The van der Waals surface area contributed by atoms with Crippen LogP contribution in [-0.4, -0.2) is 81.0 Å². The number of aliphatic hydroxyl groups excluding tert-OH is 1. The summed E-state index contributed by atoms with van der Waals surface area (Å²) in [5.41, 5.74) is 1.80. The van der Waals surface area contributed by atoms with Gasteiger partial charge in [0.1, 0.15) is 58.6 Å². The van der Waals surface area contributed by atoms with Gasteiger partial charge in [-0.1, -0.05) is 0 Å². The van der Waals surface area contributed by atoms with Gasteiger partial charge < -0.3 is 20.4 Å². The summed E-state index contributed by atoms with van der Waals surface area (Å²) in [4.78, 5) is 11.0. The quantitative estimate of drug-likeness (QED) is 0.251. The molecule has 13 heteroatoms. The molecule has 5 heterocycles. The average molecular weight is 539 g/mol. The standard InChI is InChI=1S/C26H28F2N8O3/c1-15(33-19-2-4-35(5-3-19)20-12-38-13-20)24(34-30)16-6-23(26-17(8-29)9-32-36(26)11-16)39-14-22(37)25-21(28)7-18(27)10-31-25/h6-7,9-11,19-20,22,37H,2-5,12-14,30H2,1H3/b33-15?,34-24+. The van der Waals surface area contributed by atoms with Crippen molar-refractivity contribution >= 4 is 16.9 Å². The van der Waals surface area contributed by atoms with Crippen LogP contribution in [0.5, 0.6) is 5.75 Å². The molecule has 0 radical (unpaired) electrons. The van der Waals surface area contributed by atoms with Crippen molar-refractivity contribution in [2.75, 3.05) is 32.9 Å². The smallest absolute Gasteiger partial charge is 0.150 e. The lowest BCUT2D eigenvalue weighted by atomic mass is 10.0. The summed E-state index contributed by atoms with van der Waals surface area (Å²) in [6.45, 7) is 4.89. The number of halogens is 2. The van der Waals surface area contributed by atoms with Crippen LogP contribution < -0.4 is 10.6 Å². The number of nitrogens with zero attached hydrogens (tertiary/aromatic N) is 7. The molecule has 11 nitrogen and oxygen atoms in total. The fraction of sp³-hybridized carbons (Fsp3) is 0.423. The van der Waals surface area contributed by atoms with Crippen LogP contribution in [0.4, 0.5) is 8.78 Å². The molecule has 0 spiro atoms. The molecule has 204 valence electrons. The second-order valence-corrected chi connectivity index (χ2v) is 9.55. The van der Waals surface area contributed by atoms with Gasteiger partial charge in [0.25, 0.3) is 0 Å². The Kier molecular flexibility index (Phi) is 7.78. The molecule has 2 fully saturated rings. The molecular weight excluding hydrogens is 510 g/mol. The Morgan fingerprint density at radius 3 is 2.72 bits per heavy atom. The number of likely N-dealkylation sites (tertiary alicyclic amines) is 1. The molecule has 3 aromatic rings. The third kappa shape index (κ3) is 5.58. The van der Waals surface area contributed by atoms with Gasteiger partial charge in [-0.25, -0.2) is 13.3 Å². The number of hydrazone groups is 1. The second-order valence-electron chi connectivity index (χ2n) is 9.55. The zero-order chi connectivity index (χ0) is 27.5. The molecule has 0 amide bonds. The minimum Gasteiger partial charge on any atom is -0.488 e. The zero-order valence-electron chi connectivity index (χ0n) is 21.3. The summed E-state index contributed by atoms with van der Waals surface area (Å²) in [6, 6.07) is 4.93. The van der Waals surface area contributed by atoms with Crippen molar-refractivity contribution in [2.45, 2.75) is 38.0 Å². The predicted octanol–water partition coefficient (Wildman–Crippen LogP) is 1.98. The van der Waals surface area contributed by atoms with E-state index in [9.17, 15) is 19.1 Å². The van der Waals surface area contributed by atoms with E-state index in [1.807, 2.05) is 6.92 Å². The summed E-state index contributed by atoms with van der Waals surface area (Å²) >= 11 is 0. The SMILES string of the molecule is CC(=NC1CCN(C2COC2)CC1)/C(=N\N)c1cc(OCC(O)c2ncc(F)cc2F)c2c(C#N)cnn2c1. The van der Waals surface area contributed by atoms with Crippen molar-refractivity contribution in [3.8, 4) is 11.8 Å². The average Bonchev–Trinajstić information content (AvgIpc) is 3.31. The Morgan fingerprint density at radius 2 is 2.08 bits per heavy atom. The zero-order valence-corrected chi connectivity index (χ0v) is 21.3. The monoisotopic (exact) mass is 538 g/mol. The number of aliphatic hydroxyl groups is 1. The Morgan fingerprint density at radius 1 is 1.31 bits per heavy atom. The third-order valence-electron chi connectivity index (χ3n) is 7.00. The number of nitrogens with two attached hydrogens (primary N) is 1. The van der Waals surface area contributed by atoms with Crippen LogP contribution in [-0.2, 0) is 4.74 Å². The largest absolute Gasteiger partial charge is 0.488 e. The second kappa shape index (κ2) is 11.4. The van der Waals surface area contributed by atoms with E-state index < -0.39 is 24.3 Å². The normalized spacial score (nSPS) is 18.6. The van der Waals surface area contributed by atoms with Gasteiger partial charge in [0, 0.05) is 30.9 Å². The maximum Gasteiger partial charge on any atom is 0.150 e. The van der Waals surface area contributed by atoms with Gasteiger partial charge >= 0.3 is 0 Å². The summed E-state index contributed by atoms with van der Waals surface area (Å²) in [5.74, 6) is 4.12. The first-order valence-electron chi connectivity index (χ1n) is 12.6. The fourth-order valence-electron chi connectivity index (χ4n) is 4.85. The van der Waals surface area contributed by atoms with E-state index in [1.165, 1.54) is 10.7 Å². The number of ether oxygens (including phenoxy) is 2. The first-order valence-corrected chi connectivity index (χ1v) is 12.6. The molecule has 39 heavy (non-hydrogen) atoms. The molecule has 3 N–H and O–H groups in total. The molecule has 0 aliphatic carbocycles. The maximum absolute atomic E-state index is 14.1. The summed E-state index contributed by atoms with van der Waals surface area (Å²) < 4.78 is 39.9. The van der Waals surface area contributed by atoms with Crippen LogP contribution in [0.15, 0.2) is 40.8 Å². The first-order chi connectivity index (χ1) is 18.9. The maximum atomic E-state index is 14.1. The Bertz CT molecular complexity index is 1460. The number of pyridine rings is 2. The summed E-state index contributed by atoms with van der Waals surface area (Å²) in [5, 5.41) is 28.2. The number of aromatic nitrogens is 3. The highest BCUT2D eigenvalue weighted by molar-refractivity contribution is 6.47. The van der Waals surface area contributed by atoms with Crippen LogP contribution in [0, 0.1) is 23.0 Å². The first kappa shape index (κ1) is 26.6. The third-order valence-corrected chi connectivity index (χ3v) is 7.00. The number of rotatable bonds is 8. The van der Waals surface area contributed by atoms with Crippen LogP contribution in [0.25, 0.3) is 5.52 Å². The van der Waals surface area contributed by atoms with Crippen molar-refractivity contribution in [3.05, 3.63) is 59.2 Å². The number of hydrogen-bond donors (Lipinski definition) is 2. The minimum atomic E-state index is -1.49. The van der Waals surface area contributed by atoms with Gasteiger partial charge in [-0.05, 0) is 25.8 Å². The Labute approximate surface area is 223 Å². The fourth-order valence-corrected chi connectivity index (χ4v) is 4.85. The highest BCUT2D eigenvalue weighted by Crippen LogP contribution is 2.27. The van der Waals surface area contributed by atoms with E-state index in [2.05, 4.69) is 26.2 Å². The number of fused-ring (bicyclic) bond motifs is 1. The lowest BCUT2D eigenvalue weighted by molar-refractivity contribution is -0.0709. The molecule has 0 bridgehead atoms. The molecule has 1 atom stereocenters. The molecule has 5 rings (SSSR count). The predicted molar refractivity (Wildman–Crippen MR) is 138 cm³/mol. The number of aliphatic imine (C=N–C) groups is 1. The van der Waals surface area contributed by atoms with Gasteiger partial charge in [-0.3, -0.25) is 14.9 Å². The van der Waals surface area contributed by atoms with Gasteiger partial charge in [-0.15, -0.1) is 0 Å². The lowest BCUT2D eigenvalue weighted by Crippen LogP contribution is -2.52. The van der Waals surface area contributed by atoms with Crippen LogP contribution in [0.3, 0.4) is 0 Å². The number of nitriles is 1. The Hall–Kier alpha value is -3.99. The molecule has 2 aliphatic heterocycles. The van der Waals surface area contributed by atoms with Crippen molar-refractivity contribution in [1.82, 2.24) is 19.5 Å². The van der Waals surface area contributed by atoms with Gasteiger partial charge in [0.2, 0.25) is 0 Å². The van der Waals surface area contributed by atoms with Gasteiger partial charge in [-0.2, -0.15) is 15.5 Å². The number of hydrogen-bond acceptors (Lipinski definition) is 10. The van der Waals surface area contributed by atoms with Gasteiger partial charge in [0.15, 0.2) is 0 Å². The molecule has 3 aromatic heterocycles. The highest BCUT2D eigenvalue weighted by Gasteiger charge is 2.30. The van der Waals surface area contributed by atoms with Gasteiger partial charge in [0.05, 0.1) is 43.4 Å². The summed E-state index contributed by atoms with van der Waals surface area (Å²) in [6.07, 6.45) is 4.18. The topological polar surface area (TPSA) is 147 Å². The number of piperidine rings is 1. The molecular formula is C26H28F2N8O3. The molecule has 2 aliphatic rings. The highest BCUT2D eigenvalue weighted by atomic mass is 19.1. The van der Waals surface area contributed by atoms with Crippen molar-refractivity contribution in [1.29, 1.82) is 5.26 Å². The van der Waals surface area contributed by atoms with Crippen molar-refractivity contribution in [3.63, 3.8) is 0 Å². The summed E-state index contributed by atoms with van der Waals surface area (Å²) in [7, 11) is 0. The van der Waals surface area contributed by atoms with E-state index in [0.717, 1.165) is 45.3 Å². The van der Waals surface area contributed by atoms with E-state index in [1.54, 1.807) is 12.3 Å². The van der Waals surface area contributed by atoms with Crippen molar-refractivity contribution in [2.24, 2.45) is 15.9 Å². The van der Waals surface area contributed by atoms with Crippen LogP contribution >= 0.6 is 0 Å². The minimum absolute atomic E-state index is 0.126. The van der Waals surface area contributed by atoms with Crippen molar-refractivity contribution < 1.29 is 23.4 Å². The van der Waals surface area contributed by atoms with E-state index in [-0.39, 0.29) is 23.0 Å². The van der Waals surface area contributed by atoms with E-state index in [0.29, 0.717) is 34.6 Å². The molecule has 2 saturated heterocycles. The lowest BCUT2D eigenvalue weighted by Gasteiger charge is -2.40. The molecule has 0 aromatic carbocycles.